The van der Waals surface area contributed by atoms with E-state index in [9.17, 15) is 24.3 Å². The third-order valence-electron chi connectivity index (χ3n) is 5.91. The predicted octanol–water partition coefficient (Wildman–Crippen LogP) is 1.47. The minimum absolute atomic E-state index is 0.000783. The number of carbonyl (C=O) groups is 2. The van der Waals surface area contributed by atoms with Crippen molar-refractivity contribution in [3.05, 3.63) is 92.9 Å². The fraction of sp³-hybridized carbons (Fsp3) is 0.167. The fourth-order valence-corrected chi connectivity index (χ4v) is 4.33. The van der Waals surface area contributed by atoms with Crippen molar-refractivity contribution in [1.82, 2.24) is 24.8 Å². The summed E-state index contributed by atoms with van der Waals surface area (Å²) >= 11 is 0. The minimum atomic E-state index is -1.53. The normalized spacial score (nSPS) is 13.1. The number of ether oxygens (including phenoxy) is 1. The monoisotopic (exact) mass is 473 g/mol. The van der Waals surface area contributed by atoms with Crippen molar-refractivity contribution in [1.29, 1.82) is 0 Å². The maximum absolute atomic E-state index is 12.6. The first kappa shape index (κ1) is 22.0. The van der Waals surface area contributed by atoms with E-state index < -0.39 is 35.9 Å². The average Bonchev–Trinajstić information content (AvgIpc) is 3.18. The van der Waals surface area contributed by atoms with Gasteiger partial charge in [-0.2, -0.15) is 0 Å². The molecular formula is C24H19N5O6. The molecule has 1 amide bonds. The van der Waals surface area contributed by atoms with Crippen LogP contribution in [-0.2, 0) is 16.1 Å². The van der Waals surface area contributed by atoms with Gasteiger partial charge in [-0.15, -0.1) is 0 Å². The maximum Gasteiger partial charge on any atom is 0.407 e. The molecule has 11 heteroatoms. The smallest absolute Gasteiger partial charge is 0.407 e. The van der Waals surface area contributed by atoms with Crippen LogP contribution in [0, 0.1) is 0 Å². The number of fused-ring (bicyclic) bond motifs is 4. The van der Waals surface area contributed by atoms with E-state index in [4.69, 9.17) is 4.74 Å². The summed E-state index contributed by atoms with van der Waals surface area (Å²) in [6.45, 7) is -0.496. The molecule has 5 rings (SSSR count). The molecule has 2 aromatic heterocycles. The number of alkyl carbamates (subject to hydrolysis) is 1. The molecule has 2 aromatic carbocycles. The number of aliphatic carboxylic acids is 1. The van der Waals surface area contributed by atoms with Crippen LogP contribution in [0.2, 0.25) is 0 Å². The van der Waals surface area contributed by atoms with Gasteiger partial charge in [-0.05, 0) is 22.3 Å². The Labute approximate surface area is 197 Å². The van der Waals surface area contributed by atoms with Crippen LogP contribution in [0.5, 0.6) is 0 Å². The molecule has 1 aliphatic rings. The standard InChI is InChI=1S/C24H19N5O6/c30-21-19-20(26-10-9-25-19)29(23(33)28-21)11-18(22(31)32)27-24(34)35-12-17-15-7-3-1-5-13(15)14-6-2-4-8-16(14)17/h1-10,17-18H,11-12H2,(H,27,34)(H,31,32)(H,28,30,33)/t18-/m1/s1. The number of nitrogens with zero attached hydrogens (tertiary/aromatic N) is 3. The lowest BCUT2D eigenvalue weighted by Crippen LogP contribution is -2.46. The van der Waals surface area contributed by atoms with Gasteiger partial charge >= 0.3 is 17.8 Å². The van der Waals surface area contributed by atoms with Gasteiger partial charge in [0.2, 0.25) is 0 Å². The van der Waals surface area contributed by atoms with Crippen LogP contribution in [0.3, 0.4) is 0 Å². The molecule has 4 aromatic rings. The number of hydrogen-bond acceptors (Lipinski definition) is 7. The van der Waals surface area contributed by atoms with Crippen molar-refractivity contribution in [3.8, 4) is 11.1 Å². The number of amides is 1. The Morgan fingerprint density at radius 2 is 1.66 bits per heavy atom. The summed E-state index contributed by atoms with van der Waals surface area (Å²) < 4.78 is 6.35. The molecule has 1 atom stereocenters. The van der Waals surface area contributed by atoms with Crippen LogP contribution >= 0.6 is 0 Å². The zero-order chi connectivity index (χ0) is 24.5. The Bertz CT molecular complexity index is 1530. The van der Waals surface area contributed by atoms with Gasteiger partial charge in [0.15, 0.2) is 11.2 Å². The fourth-order valence-electron chi connectivity index (χ4n) is 4.33. The number of aromatic nitrogens is 4. The predicted molar refractivity (Wildman–Crippen MR) is 124 cm³/mol. The second-order valence-corrected chi connectivity index (χ2v) is 7.96. The first-order valence-electron chi connectivity index (χ1n) is 10.7. The first-order chi connectivity index (χ1) is 16.9. The molecule has 0 aliphatic heterocycles. The van der Waals surface area contributed by atoms with Crippen LogP contribution in [0.4, 0.5) is 4.79 Å². The summed E-state index contributed by atoms with van der Waals surface area (Å²) in [6, 6.07) is 14.1. The zero-order valence-electron chi connectivity index (χ0n) is 18.2. The van der Waals surface area contributed by atoms with E-state index in [1.54, 1.807) is 0 Å². The van der Waals surface area contributed by atoms with Gasteiger partial charge < -0.3 is 15.2 Å². The summed E-state index contributed by atoms with van der Waals surface area (Å²) in [7, 11) is 0. The van der Waals surface area contributed by atoms with E-state index >= 15 is 0 Å². The van der Waals surface area contributed by atoms with Crippen LogP contribution in [-0.4, -0.2) is 49.3 Å². The van der Waals surface area contributed by atoms with Crippen molar-refractivity contribution < 1.29 is 19.4 Å². The SMILES string of the molecule is O=C(N[C@H](Cn1c(=O)[nH]c(=O)c2nccnc21)C(=O)O)OCC1c2ccccc2-c2ccccc21. The summed E-state index contributed by atoms with van der Waals surface area (Å²) in [6.07, 6.45) is 1.59. The van der Waals surface area contributed by atoms with E-state index in [0.717, 1.165) is 26.8 Å². The van der Waals surface area contributed by atoms with Gasteiger partial charge in [0.25, 0.3) is 5.56 Å². The van der Waals surface area contributed by atoms with Crippen molar-refractivity contribution in [2.45, 2.75) is 18.5 Å². The lowest BCUT2D eigenvalue weighted by Gasteiger charge is -2.18. The number of carboxylic acids is 1. The number of hydrogen-bond donors (Lipinski definition) is 3. The minimum Gasteiger partial charge on any atom is -0.480 e. The van der Waals surface area contributed by atoms with Gasteiger partial charge in [-0.25, -0.2) is 24.4 Å². The molecule has 0 saturated heterocycles. The Kier molecular flexibility index (Phi) is 5.57. The third-order valence-corrected chi connectivity index (χ3v) is 5.91. The molecule has 0 radical (unpaired) electrons. The number of H-pyrrole nitrogens is 1. The molecule has 0 spiro atoms. The second kappa shape index (κ2) is 8.86. The topological polar surface area (TPSA) is 156 Å². The molecule has 0 bridgehead atoms. The van der Waals surface area contributed by atoms with Crippen LogP contribution in [0.1, 0.15) is 17.0 Å². The third kappa shape index (κ3) is 4.03. The van der Waals surface area contributed by atoms with E-state index in [2.05, 4.69) is 20.3 Å². The molecule has 11 nitrogen and oxygen atoms in total. The van der Waals surface area contributed by atoms with Crippen LogP contribution in [0.15, 0.2) is 70.5 Å². The molecule has 0 fully saturated rings. The number of benzene rings is 2. The molecule has 0 saturated carbocycles. The maximum atomic E-state index is 12.6. The average molecular weight is 473 g/mol. The van der Waals surface area contributed by atoms with Gasteiger partial charge in [-0.1, -0.05) is 48.5 Å². The van der Waals surface area contributed by atoms with E-state index in [-0.39, 0.29) is 23.7 Å². The molecule has 1 aliphatic carbocycles. The first-order valence-corrected chi connectivity index (χ1v) is 10.7. The van der Waals surface area contributed by atoms with Crippen LogP contribution in [0.25, 0.3) is 22.3 Å². The van der Waals surface area contributed by atoms with Crippen molar-refractivity contribution >= 4 is 23.2 Å². The highest BCUT2D eigenvalue weighted by molar-refractivity contribution is 5.81. The Morgan fingerprint density at radius 3 is 2.31 bits per heavy atom. The summed E-state index contributed by atoms with van der Waals surface area (Å²) in [4.78, 5) is 58.6. The van der Waals surface area contributed by atoms with Crippen molar-refractivity contribution in [2.24, 2.45) is 0 Å². The number of nitrogens with one attached hydrogen (secondary N) is 2. The van der Waals surface area contributed by atoms with Crippen molar-refractivity contribution in [3.63, 3.8) is 0 Å². The van der Waals surface area contributed by atoms with Crippen molar-refractivity contribution in [2.75, 3.05) is 6.61 Å². The molecule has 35 heavy (non-hydrogen) atoms. The highest BCUT2D eigenvalue weighted by atomic mass is 16.5. The second-order valence-electron chi connectivity index (χ2n) is 7.96. The number of carbonyl (C=O) groups excluding carboxylic acids is 1. The number of aromatic amines is 1. The lowest BCUT2D eigenvalue weighted by molar-refractivity contribution is -0.139. The highest BCUT2D eigenvalue weighted by Gasteiger charge is 2.30. The molecule has 176 valence electrons. The lowest BCUT2D eigenvalue weighted by atomic mass is 9.98. The molecular weight excluding hydrogens is 454 g/mol. The zero-order valence-corrected chi connectivity index (χ0v) is 18.2. The van der Waals surface area contributed by atoms with E-state index in [1.807, 2.05) is 48.5 Å². The summed E-state index contributed by atoms with van der Waals surface area (Å²) in [5.41, 5.74) is 2.31. The number of carboxylic acid groups (broad SMARTS) is 1. The van der Waals surface area contributed by atoms with Gasteiger partial charge in [-0.3, -0.25) is 14.3 Å². The van der Waals surface area contributed by atoms with E-state index in [0.29, 0.717) is 0 Å². The van der Waals surface area contributed by atoms with Gasteiger partial charge in [0.05, 0.1) is 6.54 Å². The quantitative estimate of drug-likeness (QED) is 0.380. The van der Waals surface area contributed by atoms with Gasteiger partial charge in [0.1, 0.15) is 12.6 Å². The number of rotatable bonds is 6. The summed E-state index contributed by atoms with van der Waals surface area (Å²) in [5.74, 6) is -1.59. The largest absolute Gasteiger partial charge is 0.480 e. The Balaban J connectivity index is 1.34. The summed E-state index contributed by atoms with van der Waals surface area (Å²) in [5, 5.41) is 11.9. The Morgan fingerprint density at radius 1 is 1.03 bits per heavy atom. The van der Waals surface area contributed by atoms with E-state index in [1.165, 1.54) is 12.4 Å². The molecule has 3 N–H and O–H groups in total. The highest BCUT2D eigenvalue weighted by Crippen LogP contribution is 2.44. The van der Waals surface area contributed by atoms with Crippen LogP contribution < -0.4 is 16.6 Å². The molecule has 0 unspecified atom stereocenters. The van der Waals surface area contributed by atoms with Gasteiger partial charge in [0, 0.05) is 18.3 Å². The molecule has 2 heterocycles. The Hall–Kier alpha value is -4.80.